The van der Waals surface area contributed by atoms with Gasteiger partial charge in [-0.05, 0) is 31.9 Å². The molecule has 1 saturated carbocycles. The number of carbonyl (C=O) groups is 2. The maximum Gasteiger partial charge on any atom is 0.232 e. The Labute approximate surface area is 131 Å². The zero-order chi connectivity index (χ0) is 15.2. The lowest BCUT2D eigenvalue weighted by atomic mass is 9.94. The van der Waals surface area contributed by atoms with Crippen LogP contribution in [-0.4, -0.2) is 35.4 Å². The van der Waals surface area contributed by atoms with Gasteiger partial charge in [-0.2, -0.15) is 0 Å². The third-order valence-electron chi connectivity index (χ3n) is 4.14. The number of nitrogens with zero attached hydrogens (tertiary/aromatic N) is 1. The molecule has 3 nitrogen and oxygen atoms in total. The Morgan fingerprint density at radius 3 is 2.33 bits per heavy atom. The minimum absolute atomic E-state index is 0.0691. The van der Waals surface area contributed by atoms with Crippen LogP contribution in [0, 0.1) is 0 Å². The van der Waals surface area contributed by atoms with E-state index in [2.05, 4.69) is 0 Å². The van der Waals surface area contributed by atoms with Crippen LogP contribution >= 0.6 is 11.8 Å². The number of carbonyl (C=O) groups excluding carboxylic acids is 2. The van der Waals surface area contributed by atoms with Gasteiger partial charge in [0.1, 0.15) is 0 Å². The lowest BCUT2D eigenvalue weighted by Crippen LogP contribution is -2.39. The molecule has 0 unspecified atom stereocenters. The molecule has 4 heteroatoms. The van der Waals surface area contributed by atoms with Gasteiger partial charge in [-0.25, -0.2) is 0 Å². The number of Topliss-reactive ketones (excluding diaryl/α,β-unsaturated/α-hetero) is 1. The third kappa shape index (κ3) is 4.60. The number of rotatable bonds is 5. The number of thioether (sulfide) groups is 1. The highest BCUT2D eigenvalue weighted by Crippen LogP contribution is 2.24. The summed E-state index contributed by atoms with van der Waals surface area (Å²) in [4.78, 5) is 26.4. The Morgan fingerprint density at radius 2 is 1.76 bits per heavy atom. The normalized spacial score (nSPS) is 15.7. The Bertz CT molecular complexity index is 492. The van der Waals surface area contributed by atoms with Gasteiger partial charge >= 0.3 is 0 Å². The van der Waals surface area contributed by atoms with Gasteiger partial charge < -0.3 is 4.90 Å². The second kappa shape index (κ2) is 7.64. The lowest BCUT2D eigenvalue weighted by molar-refractivity contribution is -0.129. The van der Waals surface area contributed by atoms with E-state index in [4.69, 9.17) is 0 Å². The zero-order valence-corrected chi connectivity index (χ0v) is 13.6. The first-order valence-corrected chi connectivity index (χ1v) is 8.56. The van der Waals surface area contributed by atoms with E-state index in [0.717, 1.165) is 17.7 Å². The van der Waals surface area contributed by atoms with Crippen LogP contribution in [0.15, 0.2) is 29.2 Å². The molecular formula is C17H23NO2S. The van der Waals surface area contributed by atoms with Gasteiger partial charge in [-0.15, -0.1) is 11.8 Å². The van der Waals surface area contributed by atoms with Crippen molar-refractivity contribution in [3.8, 4) is 0 Å². The highest BCUT2D eigenvalue weighted by molar-refractivity contribution is 8.00. The van der Waals surface area contributed by atoms with Crippen molar-refractivity contribution in [3.63, 3.8) is 0 Å². The molecule has 1 amide bonds. The van der Waals surface area contributed by atoms with Gasteiger partial charge in [0.2, 0.25) is 5.91 Å². The predicted octanol–water partition coefficient (Wildman–Crippen LogP) is 3.77. The van der Waals surface area contributed by atoms with Crippen LogP contribution in [0.2, 0.25) is 0 Å². The summed E-state index contributed by atoms with van der Waals surface area (Å²) < 4.78 is 0. The number of ketones is 1. The van der Waals surface area contributed by atoms with Crippen molar-refractivity contribution >= 4 is 23.5 Å². The molecule has 21 heavy (non-hydrogen) atoms. The van der Waals surface area contributed by atoms with Crippen molar-refractivity contribution in [3.05, 3.63) is 29.8 Å². The Kier molecular flexibility index (Phi) is 5.85. The van der Waals surface area contributed by atoms with Gasteiger partial charge in [-0.3, -0.25) is 9.59 Å². The summed E-state index contributed by atoms with van der Waals surface area (Å²) in [5.41, 5.74) is 0.713. The van der Waals surface area contributed by atoms with Crippen LogP contribution in [0.4, 0.5) is 0 Å². The monoisotopic (exact) mass is 305 g/mol. The molecule has 0 N–H and O–H groups in total. The molecule has 0 aromatic heterocycles. The van der Waals surface area contributed by atoms with Crippen LogP contribution in [0.5, 0.6) is 0 Å². The number of hydrogen-bond acceptors (Lipinski definition) is 3. The molecule has 1 aliphatic carbocycles. The van der Waals surface area contributed by atoms with E-state index in [-0.39, 0.29) is 11.7 Å². The van der Waals surface area contributed by atoms with Crippen molar-refractivity contribution in [2.75, 3.05) is 12.8 Å². The molecule has 0 bridgehead atoms. The Morgan fingerprint density at radius 1 is 1.14 bits per heavy atom. The quantitative estimate of drug-likeness (QED) is 0.614. The lowest BCUT2D eigenvalue weighted by Gasteiger charge is -2.31. The molecule has 1 aliphatic rings. The highest BCUT2D eigenvalue weighted by atomic mass is 32.2. The molecule has 0 heterocycles. The van der Waals surface area contributed by atoms with E-state index in [1.807, 2.05) is 36.2 Å². The van der Waals surface area contributed by atoms with Crippen molar-refractivity contribution in [1.29, 1.82) is 0 Å². The maximum atomic E-state index is 12.2. The molecule has 0 radical (unpaired) electrons. The average Bonchev–Trinajstić information content (AvgIpc) is 2.53. The molecule has 0 aliphatic heterocycles. The summed E-state index contributed by atoms with van der Waals surface area (Å²) in [6.07, 6.45) is 6.06. The second-order valence-electron chi connectivity index (χ2n) is 5.67. The van der Waals surface area contributed by atoms with Gasteiger partial charge in [-0.1, -0.05) is 31.4 Å². The first-order valence-electron chi connectivity index (χ1n) is 7.57. The molecular weight excluding hydrogens is 282 g/mol. The zero-order valence-electron chi connectivity index (χ0n) is 12.8. The van der Waals surface area contributed by atoms with Crippen LogP contribution in [0.3, 0.4) is 0 Å². The van der Waals surface area contributed by atoms with E-state index >= 15 is 0 Å². The van der Waals surface area contributed by atoms with E-state index in [0.29, 0.717) is 17.4 Å². The highest BCUT2D eigenvalue weighted by Gasteiger charge is 2.21. The largest absolute Gasteiger partial charge is 0.342 e. The van der Waals surface area contributed by atoms with Crippen LogP contribution < -0.4 is 0 Å². The summed E-state index contributed by atoms with van der Waals surface area (Å²) in [5, 5.41) is 0. The standard InChI is InChI=1S/C17H23NO2S/c1-13(19)14-8-10-16(11-9-14)21-12-17(20)18(2)15-6-4-3-5-7-15/h8-11,15H,3-7,12H2,1-2H3. The molecule has 1 aromatic carbocycles. The van der Waals surface area contributed by atoms with Crippen LogP contribution in [-0.2, 0) is 4.79 Å². The first kappa shape index (κ1) is 16.1. The van der Waals surface area contributed by atoms with Crippen molar-refractivity contribution in [1.82, 2.24) is 4.90 Å². The summed E-state index contributed by atoms with van der Waals surface area (Å²) in [7, 11) is 1.93. The van der Waals surface area contributed by atoms with Gasteiger partial charge in [0, 0.05) is 23.5 Å². The predicted molar refractivity (Wildman–Crippen MR) is 86.8 cm³/mol. The SMILES string of the molecule is CC(=O)c1ccc(SCC(=O)N(C)C2CCCCC2)cc1. The minimum atomic E-state index is 0.0691. The average molecular weight is 305 g/mol. The topological polar surface area (TPSA) is 37.4 Å². The number of hydrogen-bond donors (Lipinski definition) is 0. The van der Waals surface area contributed by atoms with E-state index < -0.39 is 0 Å². The summed E-state index contributed by atoms with van der Waals surface area (Å²) in [5.74, 6) is 0.731. The maximum absolute atomic E-state index is 12.2. The van der Waals surface area contributed by atoms with Crippen LogP contribution in [0.1, 0.15) is 49.4 Å². The minimum Gasteiger partial charge on any atom is -0.342 e. The second-order valence-corrected chi connectivity index (χ2v) is 6.71. The molecule has 114 valence electrons. The van der Waals surface area contributed by atoms with Gasteiger partial charge in [0.25, 0.3) is 0 Å². The van der Waals surface area contributed by atoms with E-state index in [9.17, 15) is 9.59 Å². The van der Waals surface area contributed by atoms with Crippen molar-refractivity contribution in [2.24, 2.45) is 0 Å². The molecule has 2 rings (SSSR count). The summed E-state index contributed by atoms with van der Waals surface area (Å²) in [6.45, 7) is 1.56. The smallest absolute Gasteiger partial charge is 0.232 e. The molecule has 1 aromatic rings. The van der Waals surface area contributed by atoms with Crippen molar-refractivity contribution < 1.29 is 9.59 Å². The first-order chi connectivity index (χ1) is 10.1. The van der Waals surface area contributed by atoms with Gasteiger partial charge in [0.15, 0.2) is 5.78 Å². The fourth-order valence-electron chi connectivity index (χ4n) is 2.70. The molecule has 0 saturated heterocycles. The number of amides is 1. The molecule has 0 spiro atoms. The van der Waals surface area contributed by atoms with E-state index in [1.54, 1.807) is 6.92 Å². The van der Waals surface area contributed by atoms with Crippen LogP contribution in [0.25, 0.3) is 0 Å². The Balaban J connectivity index is 1.83. The Hall–Kier alpha value is -1.29. The fraction of sp³-hybridized carbons (Fsp3) is 0.529. The van der Waals surface area contributed by atoms with Gasteiger partial charge in [0.05, 0.1) is 5.75 Å². The molecule has 0 atom stereocenters. The summed E-state index contributed by atoms with van der Waals surface area (Å²) in [6, 6.07) is 7.89. The number of benzene rings is 1. The third-order valence-corrected chi connectivity index (χ3v) is 5.14. The fourth-order valence-corrected chi connectivity index (χ4v) is 3.53. The van der Waals surface area contributed by atoms with Crippen molar-refractivity contribution in [2.45, 2.75) is 50.0 Å². The molecule has 1 fully saturated rings. The van der Waals surface area contributed by atoms with E-state index in [1.165, 1.54) is 31.0 Å². The summed E-state index contributed by atoms with van der Waals surface area (Å²) >= 11 is 1.54.